The fourth-order valence-electron chi connectivity index (χ4n) is 2.51. The first-order valence-electron chi connectivity index (χ1n) is 8.05. The van der Waals surface area contributed by atoms with Crippen LogP contribution in [-0.2, 0) is 0 Å². The van der Waals surface area contributed by atoms with Crippen LogP contribution >= 0.6 is 24.0 Å². The van der Waals surface area contributed by atoms with Crippen molar-refractivity contribution in [3.05, 3.63) is 0 Å². The summed E-state index contributed by atoms with van der Waals surface area (Å²) in [6.07, 6.45) is 6.52. The number of hydrogen-bond acceptors (Lipinski definition) is 2. The van der Waals surface area contributed by atoms with Crippen LogP contribution in [0.2, 0.25) is 0 Å². The van der Waals surface area contributed by atoms with Gasteiger partial charge in [-0.1, -0.05) is 6.92 Å². The molecule has 2 aliphatic rings. The Kier molecular flexibility index (Phi) is 8.84. The molecule has 0 radical (unpaired) electrons. The largest absolute Gasteiger partial charge is 0.357 e. The van der Waals surface area contributed by atoms with Crippen molar-refractivity contribution in [2.24, 2.45) is 10.9 Å². The van der Waals surface area contributed by atoms with Gasteiger partial charge in [0, 0.05) is 19.1 Å². The molecule has 0 aromatic heterocycles. The smallest absolute Gasteiger partial charge is 0.191 e. The van der Waals surface area contributed by atoms with Crippen LogP contribution in [0.4, 0.5) is 0 Å². The maximum Gasteiger partial charge on any atom is 0.191 e. The molecular formula is C15H31IN4. The lowest BCUT2D eigenvalue weighted by Gasteiger charge is -2.29. The van der Waals surface area contributed by atoms with E-state index in [4.69, 9.17) is 0 Å². The van der Waals surface area contributed by atoms with E-state index in [2.05, 4.69) is 34.4 Å². The summed E-state index contributed by atoms with van der Waals surface area (Å²) < 4.78 is 0. The summed E-state index contributed by atoms with van der Waals surface area (Å²) in [4.78, 5) is 7.25. The number of halogens is 1. The van der Waals surface area contributed by atoms with Gasteiger partial charge in [0.05, 0.1) is 0 Å². The molecule has 1 aliphatic heterocycles. The van der Waals surface area contributed by atoms with Gasteiger partial charge in [-0.2, -0.15) is 0 Å². The highest BCUT2D eigenvalue weighted by atomic mass is 127. The van der Waals surface area contributed by atoms with E-state index in [1.54, 1.807) is 0 Å². The van der Waals surface area contributed by atoms with Crippen LogP contribution in [0.1, 0.15) is 46.0 Å². The van der Waals surface area contributed by atoms with Crippen LogP contribution in [-0.4, -0.2) is 49.6 Å². The van der Waals surface area contributed by atoms with Crippen molar-refractivity contribution in [3.63, 3.8) is 0 Å². The highest BCUT2D eigenvalue weighted by Gasteiger charge is 2.22. The molecular weight excluding hydrogens is 363 g/mol. The summed E-state index contributed by atoms with van der Waals surface area (Å²) >= 11 is 0. The van der Waals surface area contributed by atoms with E-state index in [1.165, 1.54) is 51.7 Å². The van der Waals surface area contributed by atoms with E-state index >= 15 is 0 Å². The Hall–Kier alpha value is -0.0400. The lowest BCUT2D eigenvalue weighted by molar-refractivity contribution is 0.192. The van der Waals surface area contributed by atoms with Crippen molar-refractivity contribution in [1.29, 1.82) is 0 Å². The SMILES string of the molecule is CCNC(=NCCCN1CCC(C)CC1)NC1CC1.I. The van der Waals surface area contributed by atoms with Crippen molar-refractivity contribution in [3.8, 4) is 0 Å². The van der Waals surface area contributed by atoms with Crippen LogP contribution in [0.25, 0.3) is 0 Å². The van der Waals surface area contributed by atoms with Gasteiger partial charge in [-0.15, -0.1) is 24.0 Å². The van der Waals surface area contributed by atoms with Gasteiger partial charge in [-0.25, -0.2) is 0 Å². The Morgan fingerprint density at radius 2 is 1.90 bits per heavy atom. The molecule has 2 fully saturated rings. The Morgan fingerprint density at radius 3 is 2.50 bits per heavy atom. The first-order valence-corrected chi connectivity index (χ1v) is 8.05. The zero-order valence-electron chi connectivity index (χ0n) is 13.0. The average molecular weight is 394 g/mol. The summed E-state index contributed by atoms with van der Waals surface area (Å²) in [5.41, 5.74) is 0. The van der Waals surface area contributed by atoms with E-state index in [9.17, 15) is 0 Å². The second kappa shape index (κ2) is 9.82. The standard InChI is InChI=1S/C15H30N4.HI/c1-3-16-15(18-14-5-6-14)17-9-4-10-19-11-7-13(2)8-12-19;/h13-14H,3-12H2,1-2H3,(H2,16,17,18);1H. The lowest BCUT2D eigenvalue weighted by atomic mass is 9.99. The van der Waals surface area contributed by atoms with Crippen LogP contribution in [0.3, 0.4) is 0 Å². The van der Waals surface area contributed by atoms with Gasteiger partial charge in [0.25, 0.3) is 0 Å². The van der Waals surface area contributed by atoms with Gasteiger partial charge in [0.15, 0.2) is 5.96 Å². The third-order valence-electron chi connectivity index (χ3n) is 4.04. The van der Waals surface area contributed by atoms with E-state index < -0.39 is 0 Å². The zero-order chi connectivity index (χ0) is 13.5. The number of piperidine rings is 1. The predicted octanol–water partition coefficient (Wildman–Crippen LogP) is 2.44. The second-order valence-electron chi connectivity index (χ2n) is 6.06. The molecule has 0 bridgehead atoms. The van der Waals surface area contributed by atoms with Crippen LogP contribution in [0.5, 0.6) is 0 Å². The molecule has 0 aromatic carbocycles. The molecule has 2 rings (SSSR count). The van der Waals surface area contributed by atoms with Crippen LogP contribution in [0, 0.1) is 5.92 Å². The van der Waals surface area contributed by atoms with Crippen molar-refractivity contribution >= 4 is 29.9 Å². The Labute approximate surface area is 141 Å². The van der Waals surface area contributed by atoms with Gasteiger partial charge in [0.2, 0.25) is 0 Å². The lowest BCUT2D eigenvalue weighted by Crippen LogP contribution is -2.38. The number of likely N-dealkylation sites (tertiary alicyclic amines) is 1. The second-order valence-corrected chi connectivity index (χ2v) is 6.06. The maximum atomic E-state index is 4.66. The minimum absolute atomic E-state index is 0. The van der Waals surface area contributed by atoms with E-state index in [0.717, 1.165) is 25.0 Å². The zero-order valence-corrected chi connectivity index (χ0v) is 15.4. The first-order chi connectivity index (χ1) is 9.28. The summed E-state index contributed by atoms with van der Waals surface area (Å²) in [5.74, 6) is 1.94. The third kappa shape index (κ3) is 7.11. The first kappa shape index (κ1) is 18.0. The van der Waals surface area contributed by atoms with Gasteiger partial charge in [-0.05, 0) is 64.6 Å². The number of hydrogen-bond donors (Lipinski definition) is 2. The fraction of sp³-hybridized carbons (Fsp3) is 0.933. The summed E-state index contributed by atoms with van der Waals surface area (Å²) in [7, 11) is 0. The van der Waals surface area contributed by atoms with Gasteiger partial charge >= 0.3 is 0 Å². The quantitative estimate of drug-likeness (QED) is 0.315. The molecule has 20 heavy (non-hydrogen) atoms. The molecule has 5 heteroatoms. The summed E-state index contributed by atoms with van der Waals surface area (Å²) in [6, 6.07) is 0.682. The maximum absolute atomic E-state index is 4.66. The monoisotopic (exact) mass is 394 g/mol. The molecule has 2 N–H and O–H groups in total. The van der Waals surface area contributed by atoms with Crippen molar-refractivity contribution in [2.45, 2.75) is 52.0 Å². The number of nitrogens with zero attached hydrogens (tertiary/aromatic N) is 2. The number of nitrogens with one attached hydrogen (secondary N) is 2. The number of guanidine groups is 1. The van der Waals surface area contributed by atoms with Crippen molar-refractivity contribution in [2.75, 3.05) is 32.7 Å². The van der Waals surface area contributed by atoms with Gasteiger partial charge in [0.1, 0.15) is 0 Å². The molecule has 0 aromatic rings. The molecule has 4 nitrogen and oxygen atoms in total. The highest BCUT2D eigenvalue weighted by molar-refractivity contribution is 14.0. The summed E-state index contributed by atoms with van der Waals surface area (Å²) in [5, 5.41) is 6.78. The number of rotatable bonds is 6. The normalized spacial score (nSPS) is 21.4. The van der Waals surface area contributed by atoms with Gasteiger partial charge < -0.3 is 15.5 Å². The molecule has 0 spiro atoms. The van der Waals surface area contributed by atoms with E-state index in [-0.39, 0.29) is 24.0 Å². The molecule has 1 saturated carbocycles. The van der Waals surface area contributed by atoms with Crippen molar-refractivity contribution < 1.29 is 0 Å². The Bertz CT molecular complexity index is 284. The third-order valence-corrected chi connectivity index (χ3v) is 4.04. The van der Waals surface area contributed by atoms with Gasteiger partial charge in [-0.3, -0.25) is 4.99 Å². The van der Waals surface area contributed by atoms with E-state index in [0.29, 0.717) is 6.04 Å². The minimum atomic E-state index is 0. The topological polar surface area (TPSA) is 39.7 Å². The summed E-state index contributed by atoms with van der Waals surface area (Å²) in [6.45, 7) is 10.2. The number of aliphatic imine (C=N–C) groups is 1. The fourth-order valence-corrected chi connectivity index (χ4v) is 2.51. The molecule has 0 amide bonds. The van der Waals surface area contributed by atoms with Crippen LogP contribution in [0.15, 0.2) is 4.99 Å². The Balaban J connectivity index is 0.00000200. The minimum Gasteiger partial charge on any atom is -0.357 e. The predicted molar refractivity (Wildman–Crippen MR) is 97.0 cm³/mol. The molecule has 1 heterocycles. The molecule has 0 unspecified atom stereocenters. The molecule has 1 saturated heterocycles. The molecule has 0 atom stereocenters. The van der Waals surface area contributed by atoms with Crippen LogP contribution < -0.4 is 10.6 Å². The average Bonchev–Trinajstić information content (AvgIpc) is 3.21. The Morgan fingerprint density at radius 1 is 1.20 bits per heavy atom. The van der Waals surface area contributed by atoms with Crippen molar-refractivity contribution in [1.82, 2.24) is 15.5 Å². The molecule has 118 valence electrons. The highest BCUT2D eigenvalue weighted by Crippen LogP contribution is 2.18. The molecule has 1 aliphatic carbocycles. The van der Waals surface area contributed by atoms with E-state index in [1.807, 2.05) is 0 Å².